The van der Waals surface area contributed by atoms with Crippen LogP contribution in [-0.2, 0) is 4.79 Å². The molecule has 1 aliphatic carbocycles. The van der Waals surface area contributed by atoms with Crippen molar-refractivity contribution in [3.63, 3.8) is 0 Å². The fourth-order valence-corrected chi connectivity index (χ4v) is 2.56. The molecule has 4 nitrogen and oxygen atoms in total. The average molecular weight is 298 g/mol. The molecule has 2 atom stereocenters. The lowest BCUT2D eigenvalue weighted by Crippen LogP contribution is -2.44. The minimum Gasteiger partial charge on any atom is -0.327 e. The zero-order valence-corrected chi connectivity index (χ0v) is 11.3. The summed E-state index contributed by atoms with van der Waals surface area (Å²) in [6, 6.07) is 3.59. The smallest absolute Gasteiger partial charge is 0.233 e. The lowest BCUT2D eigenvalue weighted by molar-refractivity contribution is -0.125. The van der Waals surface area contributed by atoms with Crippen molar-refractivity contribution in [3.05, 3.63) is 22.8 Å². The highest BCUT2D eigenvalue weighted by atomic mass is 79.9. The Morgan fingerprint density at radius 1 is 1.71 bits per heavy atom. The Morgan fingerprint density at radius 2 is 2.47 bits per heavy atom. The van der Waals surface area contributed by atoms with E-state index in [9.17, 15) is 4.79 Å². The topological polar surface area (TPSA) is 68.0 Å². The summed E-state index contributed by atoms with van der Waals surface area (Å²) >= 11 is 3.36. The van der Waals surface area contributed by atoms with Crippen molar-refractivity contribution < 1.29 is 4.79 Å². The fourth-order valence-electron chi connectivity index (χ4n) is 2.20. The summed E-state index contributed by atoms with van der Waals surface area (Å²) < 4.78 is 0.781. The summed E-state index contributed by atoms with van der Waals surface area (Å²) in [6.45, 7) is 1.93. The molecule has 1 aromatic rings. The molecule has 0 bridgehead atoms. The van der Waals surface area contributed by atoms with Gasteiger partial charge in [-0.1, -0.05) is 6.42 Å². The van der Waals surface area contributed by atoms with Crippen LogP contribution in [0.1, 0.15) is 26.2 Å². The van der Waals surface area contributed by atoms with Gasteiger partial charge in [-0.2, -0.15) is 0 Å². The first-order chi connectivity index (χ1) is 8.04. The van der Waals surface area contributed by atoms with Gasteiger partial charge in [0.05, 0.1) is 9.89 Å². The Balaban J connectivity index is 2.15. The van der Waals surface area contributed by atoms with Gasteiger partial charge in [0.25, 0.3) is 0 Å². The molecule has 0 aliphatic heterocycles. The van der Waals surface area contributed by atoms with Crippen LogP contribution in [0.5, 0.6) is 0 Å². The highest BCUT2D eigenvalue weighted by Crippen LogP contribution is 2.37. The second-order valence-corrected chi connectivity index (χ2v) is 5.56. The second-order valence-electron chi connectivity index (χ2n) is 4.70. The monoisotopic (exact) mass is 297 g/mol. The predicted molar refractivity (Wildman–Crippen MR) is 70.5 cm³/mol. The number of carbonyl (C=O) groups is 1. The van der Waals surface area contributed by atoms with Crippen molar-refractivity contribution in [2.24, 2.45) is 11.1 Å². The molecular formula is C12H16BrN3O. The molecule has 1 aromatic heterocycles. The quantitative estimate of drug-likeness (QED) is 0.880. The van der Waals surface area contributed by atoms with Gasteiger partial charge in [-0.25, -0.2) is 4.98 Å². The van der Waals surface area contributed by atoms with Gasteiger partial charge >= 0.3 is 0 Å². The molecule has 17 heavy (non-hydrogen) atoms. The molecule has 1 aliphatic rings. The zero-order valence-electron chi connectivity index (χ0n) is 9.74. The van der Waals surface area contributed by atoms with Crippen molar-refractivity contribution in [1.29, 1.82) is 0 Å². The lowest BCUT2D eigenvalue weighted by Gasteiger charge is -2.27. The largest absolute Gasteiger partial charge is 0.327 e. The highest BCUT2D eigenvalue weighted by molar-refractivity contribution is 9.10. The maximum absolute atomic E-state index is 12.2. The maximum Gasteiger partial charge on any atom is 0.233 e. The lowest BCUT2D eigenvalue weighted by atomic mass is 9.84. The van der Waals surface area contributed by atoms with E-state index >= 15 is 0 Å². The molecule has 0 spiro atoms. The average Bonchev–Trinajstić information content (AvgIpc) is 2.64. The van der Waals surface area contributed by atoms with E-state index in [0.717, 1.165) is 23.7 Å². The van der Waals surface area contributed by atoms with E-state index in [0.29, 0.717) is 5.82 Å². The summed E-state index contributed by atoms with van der Waals surface area (Å²) in [5, 5.41) is 2.85. The molecule has 1 amide bonds. The third kappa shape index (κ3) is 2.35. The summed E-state index contributed by atoms with van der Waals surface area (Å²) in [6.07, 6.45) is 4.41. The summed E-state index contributed by atoms with van der Waals surface area (Å²) in [5.74, 6) is 0.514. The fraction of sp³-hybridized carbons (Fsp3) is 0.500. The van der Waals surface area contributed by atoms with Crippen molar-refractivity contribution in [2.75, 3.05) is 5.32 Å². The van der Waals surface area contributed by atoms with E-state index in [1.807, 2.05) is 19.1 Å². The molecule has 1 saturated carbocycles. The van der Waals surface area contributed by atoms with Gasteiger partial charge in [0.1, 0.15) is 5.82 Å². The van der Waals surface area contributed by atoms with Crippen LogP contribution in [-0.4, -0.2) is 16.9 Å². The van der Waals surface area contributed by atoms with Crippen molar-refractivity contribution in [2.45, 2.75) is 32.2 Å². The van der Waals surface area contributed by atoms with E-state index in [1.54, 1.807) is 6.20 Å². The van der Waals surface area contributed by atoms with Crippen LogP contribution in [0.4, 0.5) is 5.82 Å². The first-order valence-electron chi connectivity index (χ1n) is 5.71. The number of rotatable bonds is 2. The molecule has 1 fully saturated rings. The first-order valence-corrected chi connectivity index (χ1v) is 6.51. The Bertz CT molecular complexity index is 438. The van der Waals surface area contributed by atoms with Crippen molar-refractivity contribution >= 4 is 27.7 Å². The van der Waals surface area contributed by atoms with E-state index in [-0.39, 0.29) is 11.9 Å². The Labute approximate surface area is 109 Å². The molecule has 0 radical (unpaired) electrons. The Hall–Kier alpha value is -0.940. The number of hydrogen-bond acceptors (Lipinski definition) is 3. The van der Waals surface area contributed by atoms with Gasteiger partial charge in [0.15, 0.2) is 0 Å². The zero-order chi connectivity index (χ0) is 12.5. The molecule has 2 unspecified atom stereocenters. The predicted octanol–water partition coefficient (Wildman–Crippen LogP) is 2.30. The Morgan fingerprint density at radius 3 is 3.06 bits per heavy atom. The molecule has 2 rings (SSSR count). The van der Waals surface area contributed by atoms with Gasteiger partial charge in [-0.3, -0.25) is 4.79 Å². The standard InChI is InChI=1S/C12H16BrN3O/c1-12(6-2-5-9(12)14)11(17)16-10-8(13)4-3-7-15-10/h3-4,7,9H,2,5-6,14H2,1H3,(H,15,16,17). The Kier molecular flexibility index (Phi) is 3.49. The van der Waals surface area contributed by atoms with E-state index < -0.39 is 5.41 Å². The first kappa shape index (κ1) is 12.5. The molecular weight excluding hydrogens is 282 g/mol. The summed E-state index contributed by atoms with van der Waals surface area (Å²) in [5.41, 5.74) is 5.54. The summed E-state index contributed by atoms with van der Waals surface area (Å²) in [4.78, 5) is 16.4. The molecule has 3 N–H and O–H groups in total. The molecule has 0 aromatic carbocycles. The minimum atomic E-state index is -0.475. The van der Waals surface area contributed by atoms with Gasteiger partial charge in [0.2, 0.25) is 5.91 Å². The van der Waals surface area contributed by atoms with Gasteiger partial charge in [0, 0.05) is 12.2 Å². The maximum atomic E-state index is 12.2. The van der Waals surface area contributed by atoms with Gasteiger partial charge in [-0.15, -0.1) is 0 Å². The minimum absolute atomic E-state index is 0.0399. The number of nitrogens with zero attached hydrogens (tertiary/aromatic N) is 1. The number of amides is 1. The number of hydrogen-bond donors (Lipinski definition) is 2. The molecule has 1 heterocycles. The second kappa shape index (κ2) is 4.74. The third-order valence-electron chi connectivity index (χ3n) is 3.54. The molecule has 5 heteroatoms. The van der Waals surface area contributed by atoms with Crippen LogP contribution in [0, 0.1) is 5.41 Å². The normalized spacial score (nSPS) is 28.1. The number of nitrogens with two attached hydrogens (primary N) is 1. The van der Waals surface area contributed by atoms with E-state index in [1.165, 1.54) is 0 Å². The number of aromatic nitrogens is 1. The van der Waals surface area contributed by atoms with E-state index in [4.69, 9.17) is 5.73 Å². The van der Waals surface area contributed by atoms with Crippen molar-refractivity contribution in [1.82, 2.24) is 4.98 Å². The SMILES string of the molecule is CC1(C(=O)Nc2ncccc2Br)CCCC1N. The van der Waals surface area contributed by atoms with Gasteiger partial charge in [-0.05, 0) is 47.8 Å². The van der Waals surface area contributed by atoms with E-state index in [2.05, 4.69) is 26.2 Å². The van der Waals surface area contributed by atoms with Crippen LogP contribution in [0.15, 0.2) is 22.8 Å². The van der Waals surface area contributed by atoms with Crippen LogP contribution in [0.25, 0.3) is 0 Å². The van der Waals surface area contributed by atoms with Gasteiger partial charge < -0.3 is 11.1 Å². The molecule has 92 valence electrons. The van der Waals surface area contributed by atoms with Crippen LogP contribution in [0.2, 0.25) is 0 Å². The number of anilines is 1. The van der Waals surface area contributed by atoms with Crippen molar-refractivity contribution in [3.8, 4) is 0 Å². The highest BCUT2D eigenvalue weighted by Gasteiger charge is 2.43. The molecule has 0 saturated heterocycles. The van der Waals surface area contributed by atoms with Crippen LogP contribution >= 0.6 is 15.9 Å². The summed E-state index contributed by atoms with van der Waals surface area (Å²) in [7, 11) is 0. The number of pyridine rings is 1. The number of carbonyl (C=O) groups excluding carboxylic acids is 1. The third-order valence-corrected chi connectivity index (χ3v) is 4.18. The number of nitrogens with one attached hydrogen (secondary N) is 1. The number of halogens is 1. The van der Waals surface area contributed by atoms with Crippen LogP contribution < -0.4 is 11.1 Å². The van der Waals surface area contributed by atoms with Crippen LogP contribution in [0.3, 0.4) is 0 Å².